The van der Waals surface area contributed by atoms with Gasteiger partial charge in [0.05, 0.1) is 27.0 Å². The molecule has 2 aliphatic carbocycles. The molecular formula is C26H31NO7. The van der Waals surface area contributed by atoms with Crippen molar-refractivity contribution in [3.8, 4) is 17.2 Å². The Morgan fingerprint density at radius 3 is 2.24 bits per heavy atom. The van der Waals surface area contributed by atoms with Crippen molar-refractivity contribution in [3.05, 3.63) is 41.4 Å². The van der Waals surface area contributed by atoms with Crippen molar-refractivity contribution in [3.63, 3.8) is 0 Å². The maximum atomic E-state index is 14.0. The van der Waals surface area contributed by atoms with Crippen LogP contribution in [-0.2, 0) is 19.1 Å². The summed E-state index contributed by atoms with van der Waals surface area (Å²) >= 11 is 0. The molecule has 1 aromatic rings. The molecule has 2 fully saturated rings. The lowest BCUT2D eigenvalue weighted by Gasteiger charge is -2.46. The zero-order valence-electron chi connectivity index (χ0n) is 20.4. The van der Waals surface area contributed by atoms with Gasteiger partial charge in [-0.3, -0.25) is 4.79 Å². The summed E-state index contributed by atoms with van der Waals surface area (Å²) in [7, 11) is 4.77. The highest BCUT2D eigenvalue weighted by Crippen LogP contribution is 2.55. The van der Waals surface area contributed by atoms with Gasteiger partial charge < -0.3 is 28.5 Å². The van der Waals surface area contributed by atoms with Crippen molar-refractivity contribution in [2.75, 3.05) is 34.7 Å². The minimum atomic E-state index is -0.542. The van der Waals surface area contributed by atoms with Gasteiger partial charge in [-0.05, 0) is 29.8 Å². The molecule has 0 amide bonds. The Hall–Kier alpha value is -3.16. The van der Waals surface area contributed by atoms with Crippen LogP contribution in [0.3, 0.4) is 0 Å². The number of fused-ring (bicyclic) bond motifs is 4. The van der Waals surface area contributed by atoms with Crippen molar-refractivity contribution >= 4 is 11.5 Å². The van der Waals surface area contributed by atoms with E-state index in [2.05, 4.69) is 17.3 Å². The van der Waals surface area contributed by atoms with E-state index >= 15 is 0 Å². The quantitative estimate of drug-likeness (QED) is 0.643. The van der Waals surface area contributed by atoms with E-state index in [0.717, 1.165) is 17.0 Å². The van der Waals surface area contributed by atoms with Crippen LogP contribution in [0.1, 0.15) is 32.3 Å². The van der Waals surface area contributed by atoms with Gasteiger partial charge in [0.25, 0.3) is 0 Å². The second-order valence-electron chi connectivity index (χ2n) is 10.1. The lowest BCUT2D eigenvalue weighted by molar-refractivity contribution is -0.133. The number of nitrogens with zero attached hydrogens (tertiary/aromatic N) is 1. The molecule has 0 N–H and O–H groups in total. The third kappa shape index (κ3) is 3.42. The molecule has 2 heterocycles. The average Bonchev–Trinajstić information content (AvgIpc) is 3.49. The highest BCUT2D eigenvalue weighted by molar-refractivity contribution is 5.99. The SMILES string of the molecule is COc1cc([C@@H]2C3C=C4OCOC4=CC3C3=NOC[C@H]3[C@@H]2C(=O)C(C)(C)C)cc(OC)c1OC. The highest BCUT2D eigenvalue weighted by atomic mass is 16.7. The molecule has 0 bridgehead atoms. The van der Waals surface area contributed by atoms with Crippen LogP contribution < -0.4 is 14.2 Å². The number of hydrogen-bond donors (Lipinski definition) is 0. The van der Waals surface area contributed by atoms with Crippen LogP contribution in [0.4, 0.5) is 0 Å². The van der Waals surface area contributed by atoms with E-state index in [9.17, 15) is 4.79 Å². The maximum absolute atomic E-state index is 14.0. The monoisotopic (exact) mass is 469 g/mol. The van der Waals surface area contributed by atoms with Crippen LogP contribution >= 0.6 is 0 Å². The Morgan fingerprint density at radius 2 is 1.65 bits per heavy atom. The van der Waals surface area contributed by atoms with Crippen molar-refractivity contribution < 1.29 is 33.3 Å². The minimum Gasteiger partial charge on any atom is -0.493 e. The molecule has 2 unspecified atom stereocenters. The number of rotatable bonds is 5. The molecule has 1 aromatic carbocycles. The first-order chi connectivity index (χ1) is 16.3. The number of methoxy groups -OCH3 is 3. The van der Waals surface area contributed by atoms with E-state index in [0.29, 0.717) is 29.6 Å². The molecule has 4 aliphatic rings. The zero-order chi connectivity index (χ0) is 24.2. The second-order valence-corrected chi connectivity index (χ2v) is 10.1. The maximum Gasteiger partial charge on any atom is 0.231 e. The summed E-state index contributed by atoms with van der Waals surface area (Å²) in [6.45, 7) is 6.45. The van der Waals surface area contributed by atoms with Gasteiger partial charge in [0.1, 0.15) is 12.4 Å². The molecule has 1 saturated heterocycles. The normalized spacial score (nSPS) is 29.1. The first kappa shape index (κ1) is 22.6. The summed E-state index contributed by atoms with van der Waals surface area (Å²) in [5.41, 5.74) is 1.29. The van der Waals surface area contributed by atoms with E-state index in [1.165, 1.54) is 0 Å². The molecule has 0 spiro atoms. The smallest absolute Gasteiger partial charge is 0.231 e. The molecule has 8 nitrogen and oxygen atoms in total. The summed E-state index contributed by atoms with van der Waals surface area (Å²) in [6, 6.07) is 3.90. The number of ether oxygens (including phenoxy) is 5. The Labute approximate surface area is 199 Å². The topological polar surface area (TPSA) is 84.8 Å². The average molecular weight is 470 g/mol. The summed E-state index contributed by atoms with van der Waals surface area (Å²) in [6.07, 6.45) is 4.15. The zero-order valence-corrected chi connectivity index (χ0v) is 20.4. The Balaban J connectivity index is 1.72. The van der Waals surface area contributed by atoms with Crippen molar-refractivity contribution in [2.24, 2.45) is 34.2 Å². The van der Waals surface area contributed by atoms with Crippen LogP contribution in [0.5, 0.6) is 17.2 Å². The molecule has 5 rings (SSSR count). The van der Waals surface area contributed by atoms with Crippen molar-refractivity contribution in [1.29, 1.82) is 0 Å². The van der Waals surface area contributed by atoms with Gasteiger partial charge in [0, 0.05) is 35.0 Å². The van der Waals surface area contributed by atoms with Gasteiger partial charge in [0.2, 0.25) is 12.5 Å². The molecule has 2 aliphatic heterocycles. The largest absolute Gasteiger partial charge is 0.493 e. The number of Topliss-reactive ketones (excluding diaryl/α,β-unsaturated/α-hetero) is 1. The summed E-state index contributed by atoms with van der Waals surface area (Å²) < 4.78 is 28.3. The molecule has 34 heavy (non-hydrogen) atoms. The van der Waals surface area contributed by atoms with Gasteiger partial charge in [-0.1, -0.05) is 25.9 Å². The van der Waals surface area contributed by atoms with E-state index in [-0.39, 0.29) is 42.2 Å². The molecule has 1 saturated carbocycles. The number of oxime groups is 1. The lowest BCUT2D eigenvalue weighted by atomic mass is 9.55. The molecule has 182 valence electrons. The van der Waals surface area contributed by atoms with Crippen molar-refractivity contribution in [1.82, 2.24) is 0 Å². The van der Waals surface area contributed by atoms with Crippen LogP contribution in [-0.4, -0.2) is 46.2 Å². The molecule has 0 aromatic heterocycles. The predicted molar refractivity (Wildman–Crippen MR) is 124 cm³/mol. The fraction of sp³-hybridized carbons (Fsp3) is 0.538. The third-order valence-electron chi connectivity index (χ3n) is 7.26. The molecule has 0 radical (unpaired) electrons. The van der Waals surface area contributed by atoms with Crippen LogP contribution in [0.25, 0.3) is 0 Å². The first-order valence-corrected chi connectivity index (χ1v) is 11.5. The van der Waals surface area contributed by atoms with Gasteiger partial charge >= 0.3 is 0 Å². The number of carbonyl (C=O) groups excluding carboxylic acids is 1. The van der Waals surface area contributed by atoms with Gasteiger partial charge in [-0.15, -0.1) is 0 Å². The fourth-order valence-electron chi connectivity index (χ4n) is 5.72. The molecule has 5 atom stereocenters. The summed E-state index contributed by atoms with van der Waals surface area (Å²) in [4.78, 5) is 19.6. The fourth-order valence-corrected chi connectivity index (χ4v) is 5.72. The standard InChI is InChI=1S/C26H31NO7/c1-26(2,3)25(28)22-16-11-34-27-23(16)15-10-18-17(32-12-33-18)9-14(15)21(22)13-7-19(29-4)24(31-6)20(8-13)30-5/h7-10,14-16,21-22H,11-12H2,1-6H3/t14?,15?,16-,21+,22-/m0/s1. The van der Waals surface area contributed by atoms with Crippen molar-refractivity contribution in [2.45, 2.75) is 26.7 Å². The van der Waals surface area contributed by atoms with Crippen LogP contribution in [0.2, 0.25) is 0 Å². The number of allylic oxidation sites excluding steroid dienone is 2. The molecular weight excluding hydrogens is 438 g/mol. The van der Waals surface area contributed by atoms with Gasteiger partial charge in [-0.25, -0.2) is 0 Å². The number of carbonyl (C=O) groups is 1. The Kier molecular flexibility index (Phi) is 5.49. The van der Waals surface area contributed by atoms with E-state index in [1.54, 1.807) is 21.3 Å². The van der Waals surface area contributed by atoms with Crippen LogP contribution in [0, 0.1) is 29.1 Å². The number of hydrogen-bond acceptors (Lipinski definition) is 8. The summed E-state index contributed by atoms with van der Waals surface area (Å²) in [5.74, 6) is 2.40. The minimum absolute atomic E-state index is 0.0685. The second kappa shape index (κ2) is 8.25. The van der Waals surface area contributed by atoms with Gasteiger partial charge in [0.15, 0.2) is 23.0 Å². The molecule has 8 heteroatoms. The number of ketones is 1. The van der Waals surface area contributed by atoms with E-state index in [1.807, 2.05) is 32.9 Å². The number of benzene rings is 1. The predicted octanol–water partition coefficient (Wildman–Crippen LogP) is 4.06. The van der Waals surface area contributed by atoms with E-state index < -0.39 is 5.41 Å². The van der Waals surface area contributed by atoms with E-state index in [4.69, 9.17) is 28.5 Å². The highest BCUT2D eigenvalue weighted by Gasteiger charge is 2.56. The summed E-state index contributed by atoms with van der Waals surface area (Å²) in [5, 5.41) is 4.42. The third-order valence-corrected chi connectivity index (χ3v) is 7.26. The van der Waals surface area contributed by atoms with Gasteiger partial charge in [-0.2, -0.15) is 0 Å². The Morgan fingerprint density at radius 1 is 1.00 bits per heavy atom. The van der Waals surface area contributed by atoms with Crippen LogP contribution in [0.15, 0.2) is 41.0 Å². The first-order valence-electron chi connectivity index (χ1n) is 11.5. The Bertz CT molecular complexity index is 1070. The lowest BCUT2D eigenvalue weighted by Crippen LogP contribution is -2.50.